The third kappa shape index (κ3) is 5.65. The minimum Gasteiger partial charge on any atom is -0.476 e. The third-order valence-electron chi connectivity index (χ3n) is 6.11. The van der Waals surface area contributed by atoms with E-state index < -0.39 is 12.3 Å². The predicted molar refractivity (Wildman–Crippen MR) is 129 cm³/mol. The SMILES string of the molecule is CCOC(=O)C(C)(C)Oc1ccc2c(c1)CCN(Cc1cnn(-c3ccc(CF)cc3)c1)CC2. The van der Waals surface area contributed by atoms with Crippen LogP contribution in [0.3, 0.4) is 0 Å². The van der Waals surface area contributed by atoms with Crippen molar-refractivity contribution in [3.63, 3.8) is 0 Å². The number of rotatable bonds is 8. The maximum Gasteiger partial charge on any atom is 0.349 e. The predicted octanol–water partition coefficient (Wildman–Crippen LogP) is 4.66. The summed E-state index contributed by atoms with van der Waals surface area (Å²) >= 11 is 0. The van der Waals surface area contributed by atoms with Gasteiger partial charge in [-0.1, -0.05) is 18.2 Å². The number of hydrogen-bond acceptors (Lipinski definition) is 5. The maximum atomic E-state index is 12.8. The monoisotopic (exact) mass is 465 g/mol. The van der Waals surface area contributed by atoms with Crippen LogP contribution in [0.2, 0.25) is 0 Å². The lowest BCUT2D eigenvalue weighted by Gasteiger charge is -2.24. The number of nitrogens with zero attached hydrogens (tertiary/aromatic N) is 3. The fourth-order valence-corrected chi connectivity index (χ4v) is 4.19. The zero-order valence-corrected chi connectivity index (χ0v) is 20.1. The molecule has 2 heterocycles. The summed E-state index contributed by atoms with van der Waals surface area (Å²) in [7, 11) is 0. The van der Waals surface area contributed by atoms with Gasteiger partial charge in [0.25, 0.3) is 0 Å². The van der Waals surface area contributed by atoms with Crippen molar-refractivity contribution < 1.29 is 18.7 Å². The number of ether oxygens (including phenoxy) is 2. The summed E-state index contributed by atoms with van der Waals surface area (Å²) < 4.78 is 25.7. The Labute approximate surface area is 200 Å². The molecule has 0 N–H and O–H groups in total. The van der Waals surface area contributed by atoms with Crippen molar-refractivity contribution in [2.24, 2.45) is 0 Å². The van der Waals surface area contributed by atoms with Crippen molar-refractivity contribution in [2.75, 3.05) is 19.7 Å². The molecule has 4 rings (SSSR count). The topological polar surface area (TPSA) is 56.6 Å². The fourth-order valence-electron chi connectivity index (χ4n) is 4.19. The first-order valence-electron chi connectivity index (χ1n) is 11.8. The summed E-state index contributed by atoms with van der Waals surface area (Å²) in [5.41, 5.74) is 4.26. The Hall–Kier alpha value is -3.19. The molecule has 0 spiro atoms. The van der Waals surface area contributed by atoms with Gasteiger partial charge >= 0.3 is 5.97 Å². The van der Waals surface area contributed by atoms with Crippen LogP contribution in [0.15, 0.2) is 54.9 Å². The van der Waals surface area contributed by atoms with Crippen LogP contribution in [0, 0.1) is 0 Å². The molecule has 0 amide bonds. The molecular weight excluding hydrogens is 433 g/mol. The van der Waals surface area contributed by atoms with Gasteiger partial charge in [0.15, 0.2) is 5.60 Å². The van der Waals surface area contributed by atoms with E-state index in [0.29, 0.717) is 17.9 Å². The molecule has 0 bridgehead atoms. The molecule has 1 aliphatic heterocycles. The van der Waals surface area contributed by atoms with E-state index in [4.69, 9.17) is 9.47 Å². The molecule has 0 atom stereocenters. The van der Waals surface area contributed by atoms with Crippen molar-refractivity contribution >= 4 is 5.97 Å². The Morgan fingerprint density at radius 1 is 1.06 bits per heavy atom. The van der Waals surface area contributed by atoms with Crippen LogP contribution < -0.4 is 4.74 Å². The van der Waals surface area contributed by atoms with Gasteiger partial charge in [-0.25, -0.2) is 13.9 Å². The minimum atomic E-state index is -1.03. The standard InChI is InChI=1S/C27H32FN3O3/c1-4-33-26(32)27(2,3)34-25-10-7-22-11-13-30(14-12-23(22)15-25)18-21-17-29-31(19-21)24-8-5-20(16-28)6-9-24/h5-10,15,17,19H,4,11-14,16,18H2,1-3H3. The Morgan fingerprint density at radius 2 is 1.79 bits per heavy atom. The van der Waals surface area contributed by atoms with E-state index in [1.807, 2.05) is 35.3 Å². The summed E-state index contributed by atoms with van der Waals surface area (Å²) in [5.74, 6) is 0.320. The van der Waals surface area contributed by atoms with Gasteiger partial charge in [-0.3, -0.25) is 4.90 Å². The number of fused-ring (bicyclic) bond motifs is 1. The first kappa shape index (κ1) is 24.0. The van der Waals surface area contributed by atoms with Crippen molar-refractivity contribution in [3.8, 4) is 11.4 Å². The number of aromatic nitrogens is 2. The number of alkyl halides is 1. The molecule has 180 valence electrons. The van der Waals surface area contributed by atoms with Crippen molar-refractivity contribution in [3.05, 3.63) is 77.1 Å². The summed E-state index contributed by atoms with van der Waals surface area (Å²) in [6.45, 7) is 7.82. The minimum absolute atomic E-state index is 0.329. The van der Waals surface area contributed by atoms with Gasteiger partial charge in [-0.05, 0) is 74.6 Å². The van der Waals surface area contributed by atoms with E-state index in [9.17, 15) is 9.18 Å². The van der Waals surface area contributed by atoms with Crippen LogP contribution in [0.5, 0.6) is 5.75 Å². The molecule has 6 nitrogen and oxygen atoms in total. The molecule has 7 heteroatoms. The molecule has 0 unspecified atom stereocenters. The Kier molecular flexibility index (Phi) is 7.32. The lowest BCUT2D eigenvalue weighted by Crippen LogP contribution is -2.39. The first-order valence-corrected chi connectivity index (χ1v) is 11.8. The molecule has 1 aliphatic rings. The Bertz CT molecular complexity index is 1120. The van der Waals surface area contributed by atoms with Crippen LogP contribution in [-0.4, -0.2) is 45.9 Å². The molecule has 2 aromatic carbocycles. The lowest BCUT2D eigenvalue weighted by molar-refractivity contribution is -0.158. The van der Waals surface area contributed by atoms with E-state index in [0.717, 1.165) is 43.7 Å². The Morgan fingerprint density at radius 3 is 2.50 bits per heavy atom. The summed E-state index contributed by atoms with van der Waals surface area (Å²) in [5, 5.41) is 4.49. The highest BCUT2D eigenvalue weighted by atomic mass is 19.1. The number of carbonyl (C=O) groups excluding carboxylic acids is 1. The second-order valence-electron chi connectivity index (χ2n) is 9.13. The highest BCUT2D eigenvalue weighted by Gasteiger charge is 2.31. The quantitative estimate of drug-likeness (QED) is 0.453. The number of esters is 1. The summed E-state index contributed by atoms with van der Waals surface area (Å²) in [4.78, 5) is 14.6. The second-order valence-corrected chi connectivity index (χ2v) is 9.13. The highest BCUT2D eigenvalue weighted by Crippen LogP contribution is 2.26. The normalized spacial score (nSPS) is 14.4. The van der Waals surface area contributed by atoms with Gasteiger partial charge in [0.1, 0.15) is 12.4 Å². The van der Waals surface area contributed by atoms with Gasteiger partial charge in [0, 0.05) is 31.4 Å². The van der Waals surface area contributed by atoms with Gasteiger partial charge in [0.05, 0.1) is 18.5 Å². The van der Waals surface area contributed by atoms with E-state index >= 15 is 0 Å². The van der Waals surface area contributed by atoms with E-state index in [2.05, 4.69) is 22.1 Å². The van der Waals surface area contributed by atoms with Crippen LogP contribution in [0.4, 0.5) is 4.39 Å². The van der Waals surface area contributed by atoms with Crippen LogP contribution in [0.1, 0.15) is 43.0 Å². The van der Waals surface area contributed by atoms with Gasteiger partial charge in [-0.15, -0.1) is 0 Å². The number of hydrogen-bond donors (Lipinski definition) is 0. The molecule has 34 heavy (non-hydrogen) atoms. The van der Waals surface area contributed by atoms with Gasteiger partial charge in [-0.2, -0.15) is 5.10 Å². The smallest absolute Gasteiger partial charge is 0.349 e. The average molecular weight is 466 g/mol. The van der Waals surface area contributed by atoms with Gasteiger partial charge in [0.2, 0.25) is 0 Å². The van der Waals surface area contributed by atoms with E-state index in [1.165, 1.54) is 11.1 Å². The largest absolute Gasteiger partial charge is 0.476 e. The molecule has 0 radical (unpaired) electrons. The summed E-state index contributed by atoms with van der Waals surface area (Å²) in [6, 6.07) is 13.4. The molecule has 3 aromatic rings. The molecule has 0 saturated heterocycles. The van der Waals surface area contributed by atoms with Crippen LogP contribution in [0.25, 0.3) is 5.69 Å². The van der Waals surface area contributed by atoms with E-state index in [1.54, 1.807) is 32.9 Å². The molecule has 0 fully saturated rings. The summed E-state index contributed by atoms with van der Waals surface area (Å²) in [6.07, 6.45) is 5.79. The van der Waals surface area contributed by atoms with Gasteiger partial charge < -0.3 is 9.47 Å². The zero-order chi connectivity index (χ0) is 24.1. The highest BCUT2D eigenvalue weighted by molar-refractivity contribution is 5.79. The molecule has 0 aliphatic carbocycles. The third-order valence-corrected chi connectivity index (χ3v) is 6.11. The van der Waals surface area contributed by atoms with Crippen LogP contribution in [-0.2, 0) is 35.6 Å². The fraction of sp³-hybridized carbons (Fsp3) is 0.407. The number of carbonyl (C=O) groups is 1. The number of benzene rings is 2. The van der Waals surface area contributed by atoms with Crippen molar-refractivity contribution in [1.82, 2.24) is 14.7 Å². The van der Waals surface area contributed by atoms with Crippen LogP contribution >= 0.6 is 0 Å². The number of halogens is 1. The second kappa shape index (κ2) is 10.4. The molecule has 0 saturated carbocycles. The van der Waals surface area contributed by atoms with Crippen molar-refractivity contribution in [2.45, 2.75) is 52.4 Å². The molecular formula is C27H32FN3O3. The zero-order valence-electron chi connectivity index (χ0n) is 20.1. The Balaban J connectivity index is 1.38. The first-order chi connectivity index (χ1) is 16.4. The maximum absolute atomic E-state index is 12.8. The average Bonchev–Trinajstić information content (AvgIpc) is 3.20. The van der Waals surface area contributed by atoms with Crippen molar-refractivity contribution in [1.29, 1.82) is 0 Å². The lowest BCUT2D eigenvalue weighted by atomic mass is 10.0. The van der Waals surface area contributed by atoms with E-state index in [-0.39, 0.29) is 5.97 Å². The molecule has 1 aromatic heterocycles.